The van der Waals surface area contributed by atoms with Crippen molar-refractivity contribution in [3.8, 4) is 0 Å². The second-order valence-corrected chi connectivity index (χ2v) is 6.20. The van der Waals surface area contributed by atoms with Crippen molar-refractivity contribution in [2.24, 2.45) is 0 Å². The summed E-state index contributed by atoms with van der Waals surface area (Å²) >= 11 is 5.92. The number of sulfonamides is 1. The van der Waals surface area contributed by atoms with Crippen LogP contribution in [0.25, 0.3) is 0 Å². The van der Waals surface area contributed by atoms with Crippen molar-refractivity contribution in [2.75, 3.05) is 18.8 Å². The molecule has 0 bridgehead atoms. The summed E-state index contributed by atoms with van der Waals surface area (Å²) in [7, 11) is -3.55. The van der Waals surface area contributed by atoms with Gasteiger partial charge in [0.1, 0.15) is 0 Å². The van der Waals surface area contributed by atoms with E-state index in [4.69, 9.17) is 17.3 Å². The van der Waals surface area contributed by atoms with Crippen LogP contribution in [-0.2, 0) is 10.0 Å². The molecule has 0 heterocycles. The Labute approximate surface area is 113 Å². The second-order valence-electron chi connectivity index (χ2n) is 3.89. The summed E-state index contributed by atoms with van der Waals surface area (Å²) in [5.41, 5.74) is 6.61. The highest BCUT2D eigenvalue weighted by Gasteiger charge is 2.23. The van der Waals surface area contributed by atoms with Gasteiger partial charge in [0.25, 0.3) is 0 Å². The van der Waals surface area contributed by atoms with Crippen LogP contribution in [0.3, 0.4) is 0 Å². The van der Waals surface area contributed by atoms with Crippen LogP contribution in [0.4, 0.5) is 5.69 Å². The van der Waals surface area contributed by atoms with E-state index in [2.05, 4.69) is 6.58 Å². The standard InChI is InChI=1S/C12H17ClN2O2S/c1-4-6-15(5-2)18(16,17)10-7-9(3)12(13)11(14)8-10/h4,7-8H,1,5-6,14H2,2-3H3. The van der Waals surface area contributed by atoms with Crippen molar-refractivity contribution in [1.82, 2.24) is 4.31 Å². The SMILES string of the molecule is C=CCN(CC)S(=O)(=O)c1cc(C)c(Cl)c(N)c1. The molecule has 1 aromatic carbocycles. The Morgan fingerprint density at radius 2 is 2.11 bits per heavy atom. The molecule has 0 saturated carbocycles. The van der Waals surface area contributed by atoms with Gasteiger partial charge >= 0.3 is 0 Å². The van der Waals surface area contributed by atoms with E-state index in [1.807, 2.05) is 0 Å². The van der Waals surface area contributed by atoms with E-state index in [-0.39, 0.29) is 17.1 Å². The predicted molar refractivity (Wildman–Crippen MR) is 75.2 cm³/mol. The molecular weight excluding hydrogens is 272 g/mol. The molecule has 0 radical (unpaired) electrons. The molecule has 100 valence electrons. The molecule has 2 N–H and O–H groups in total. The van der Waals surface area contributed by atoms with Gasteiger partial charge in [-0.1, -0.05) is 24.6 Å². The van der Waals surface area contributed by atoms with E-state index < -0.39 is 10.0 Å². The molecular formula is C12H17ClN2O2S. The Kier molecular flexibility index (Phi) is 4.78. The van der Waals surface area contributed by atoms with Crippen molar-refractivity contribution in [1.29, 1.82) is 0 Å². The van der Waals surface area contributed by atoms with Crippen molar-refractivity contribution >= 4 is 27.3 Å². The summed E-state index contributed by atoms with van der Waals surface area (Å²) in [5, 5.41) is 0.390. The van der Waals surface area contributed by atoms with Gasteiger partial charge in [-0.05, 0) is 24.6 Å². The van der Waals surface area contributed by atoms with Crippen molar-refractivity contribution < 1.29 is 8.42 Å². The first kappa shape index (κ1) is 15.0. The van der Waals surface area contributed by atoms with Crippen LogP contribution in [0.15, 0.2) is 29.7 Å². The van der Waals surface area contributed by atoms with E-state index >= 15 is 0 Å². The normalized spacial score (nSPS) is 11.8. The molecule has 1 rings (SSSR count). The average Bonchev–Trinajstić information content (AvgIpc) is 2.31. The number of likely N-dealkylation sites (N-methyl/N-ethyl adjacent to an activating group) is 1. The van der Waals surface area contributed by atoms with Crippen LogP contribution in [0, 0.1) is 6.92 Å². The summed E-state index contributed by atoms with van der Waals surface area (Å²) < 4.78 is 26.0. The Balaban J connectivity index is 3.32. The van der Waals surface area contributed by atoms with Crippen LogP contribution in [0.2, 0.25) is 5.02 Å². The third-order valence-electron chi connectivity index (χ3n) is 2.58. The second kappa shape index (κ2) is 5.73. The van der Waals surface area contributed by atoms with Crippen molar-refractivity contribution in [3.63, 3.8) is 0 Å². The highest BCUT2D eigenvalue weighted by molar-refractivity contribution is 7.89. The van der Waals surface area contributed by atoms with Crippen LogP contribution < -0.4 is 5.73 Å². The van der Waals surface area contributed by atoms with Gasteiger partial charge in [0.05, 0.1) is 15.6 Å². The zero-order chi connectivity index (χ0) is 13.9. The van der Waals surface area contributed by atoms with Crippen molar-refractivity contribution in [3.05, 3.63) is 35.4 Å². The molecule has 6 heteroatoms. The van der Waals surface area contributed by atoms with Gasteiger partial charge in [0, 0.05) is 13.1 Å². The Morgan fingerprint density at radius 1 is 1.50 bits per heavy atom. The summed E-state index contributed by atoms with van der Waals surface area (Å²) in [5.74, 6) is 0. The van der Waals surface area contributed by atoms with Crippen LogP contribution in [0.5, 0.6) is 0 Å². The highest BCUT2D eigenvalue weighted by Crippen LogP contribution is 2.28. The molecule has 4 nitrogen and oxygen atoms in total. The maximum atomic E-state index is 12.3. The quantitative estimate of drug-likeness (QED) is 0.668. The van der Waals surface area contributed by atoms with Crippen LogP contribution in [-0.4, -0.2) is 25.8 Å². The first-order valence-electron chi connectivity index (χ1n) is 5.51. The lowest BCUT2D eigenvalue weighted by atomic mass is 10.2. The molecule has 1 aromatic rings. The maximum Gasteiger partial charge on any atom is 0.243 e. The fourth-order valence-corrected chi connectivity index (χ4v) is 3.25. The first-order chi connectivity index (χ1) is 8.34. The zero-order valence-corrected chi connectivity index (χ0v) is 12.1. The predicted octanol–water partition coefficient (Wildman–Crippen LogP) is 2.43. The van der Waals surface area contributed by atoms with Gasteiger partial charge in [0.2, 0.25) is 10.0 Å². The summed E-state index contributed by atoms with van der Waals surface area (Å²) in [6.45, 7) is 7.68. The number of nitrogens with zero attached hydrogens (tertiary/aromatic N) is 1. The molecule has 0 aliphatic carbocycles. The first-order valence-corrected chi connectivity index (χ1v) is 7.33. The number of hydrogen-bond acceptors (Lipinski definition) is 3. The number of nitrogen functional groups attached to an aromatic ring is 1. The number of benzene rings is 1. The lowest BCUT2D eigenvalue weighted by molar-refractivity contribution is 0.460. The number of aryl methyl sites for hydroxylation is 1. The van der Waals surface area contributed by atoms with Gasteiger partial charge in [0.15, 0.2) is 0 Å². The number of hydrogen-bond donors (Lipinski definition) is 1. The topological polar surface area (TPSA) is 63.4 Å². The Hall–Kier alpha value is -1.04. The molecule has 0 spiro atoms. The fourth-order valence-electron chi connectivity index (χ4n) is 1.60. The largest absolute Gasteiger partial charge is 0.397 e. The van der Waals surface area contributed by atoms with Gasteiger partial charge < -0.3 is 5.73 Å². The molecule has 0 fully saturated rings. The Morgan fingerprint density at radius 3 is 2.56 bits per heavy atom. The van der Waals surface area contributed by atoms with Crippen molar-refractivity contribution in [2.45, 2.75) is 18.7 Å². The molecule has 0 atom stereocenters. The third kappa shape index (κ3) is 2.85. The number of anilines is 1. The lowest BCUT2D eigenvalue weighted by Gasteiger charge is -2.19. The molecule has 18 heavy (non-hydrogen) atoms. The summed E-state index contributed by atoms with van der Waals surface area (Å²) in [6, 6.07) is 2.91. The number of nitrogens with two attached hydrogens (primary N) is 1. The monoisotopic (exact) mass is 288 g/mol. The number of rotatable bonds is 5. The minimum absolute atomic E-state index is 0.158. The summed E-state index contributed by atoms with van der Waals surface area (Å²) in [6.07, 6.45) is 1.55. The summed E-state index contributed by atoms with van der Waals surface area (Å²) in [4.78, 5) is 0.158. The maximum absolute atomic E-state index is 12.3. The van der Waals surface area contributed by atoms with Crippen LogP contribution in [0.1, 0.15) is 12.5 Å². The highest BCUT2D eigenvalue weighted by atomic mass is 35.5. The van der Waals surface area contributed by atoms with E-state index in [1.54, 1.807) is 19.9 Å². The van der Waals surface area contributed by atoms with E-state index in [9.17, 15) is 8.42 Å². The number of halogens is 1. The van der Waals surface area contributed by atoms with E-state index in [0.717, 1.165) is 0 Å². The fraction of sp³-hybridized carbons (Fsp3) is 0.333. The molecule has 0 unspecified atom stereocenters. The van der Waals surface area contributed by atoms with Gasteiger partial charge in [-0.3, -0.25) is 0 Å². The zero-order valence-electron chi connectivity index (χ0n) is 10.5. The van der Waals surface area contributed by atoms with E-state index in [0.29, 0.717) is 17.1 Å². The molecule has 0 saturated heterocycles. The minimum atomic E-state index is -3.55. The smallest absolute Gasteiger partial charge is 0.243 e. The van der Waals surface area contributed by atoms with Crippen LogP contribution >= 0.6 is 11.6 Å². The van der Waals surface area contributed by atoms with E-state index in [1.165, 1.54) is 16.4 Å². The third-order valence-corrected chi connectivity index (χ3v) is 5.01. The lowest BCUT2D eigenvalue weighted by Crippen LogP contribution is -2.31. The van der Waals surface area contributed by atoms with Gasteiger partial charge in [-0.15, -0.1) is 6.58 Å². The van der Waals surface area contributed by atoms with Gasteiger partial charge in [-0.25, -0.2) is 8.42 Å². The molecule has 0 aliphatic rings. The molecule has 0 aromatic heterocycles. The Bertz CT molecular complexity index is 532. The molecule has 0 amide bonds. The average molecular weight is 289 g/mol. The minimum Gasteiger partial charge on any atom is -0.397 e. The van der Waals surface area contributed by atoms with Gasteiger partial charge in [-0.2, -0.15) is 4.31 Å². The molecule has 0 aliphatic heterocycles.